The van der Waals surface area contributed by atoms with E-state index in [0.717, 1.165) is 5.39 Å². The first kappa shape index (κ1) is 21.3. The van der Waals surface area contributed by atoms with E-state index in [-0.39, 0.29) is 30.1 Å². The number of H-pyrrole nitrogens is 1. The van der Waals surface area contributed by atoms with E-state index in [0.29, 0.717) is 27.4 Å². The van der Waals surface area contributed by atoms with Gasteiger partial charge in [-0.2, -0.15) is 0 Å². The first-order valence-electron chi connectivity index (χ1n) is 9.31. The molecule has 0 radical (unpaired) electrons. The first-order chi connectivity index (χ1) is 14.4. The number of ketones is 1. The van der Waals surface area contributed by atoms with Crippen molar-refractivity contribution in [2.45, 2.75) is 20.5 Å². The lowest BCUT2D eigenvalue weighted by Gasteiger charge is -2.10. The van der Waals surface area contributed by atoms with Gasteiger partial charge >= 0.3 is 5.97 Å². The van der Waals surface area contributed by atoms with E-state index in [1.165, 1.54) is 19.1 Å². The SMILES string of the molecule is CCOC(=O)/C(=C/c1ccc(OCc2cc(=O)[nH]c3ccc(Cl)cc23)cc1)C(C)=O. The van der Waals surface area contributed by atoms with Crippen LogP contribution in [0.4, 0.5) is 0 Å². The number of nitrogens with one attached hydrogen (secondary N) is 1. The molecular formula is C23H20ClNO5. The maximum Gasteiger partial charge on any atom is 0.341 e. The Hall–Kier alpha value is -3.38. The molecule has 1 aromatic heterocycles. The summed E-state index contributed by atoms with van der Waals surface area (Å²) in [5, 5.41) is 1.37. The fourth-order valence-electron chi connectivity index (χ4n) is 2.92. The highest BCUT2D eigenvalue weighted by atomic mass is 35.5. The molecule has 7 heteroatoms. The number of rotatable bonds is 7. The van der Waals surface area contributed by atoms with Gasteiger partial charge in [0, 0.05) is 27.6 Å². The minimum absolute atomic E-state index is 0.0163. The summed E-state index contributed by atoms with van der Waals surface area (Å²) in [6, 6.07) is 13.6. The number of carbonyl (C=O) groups excluding carboxylic acids is 2. The minimum Gasteiger partial charge on any atom is -0.489 e. The molecule has 6 nitrogen and oxygen atoms in total. The van der Waals surface area contributed by atoms with Gasteiger partial charge in [0.1, 0.15) is 17.9 Å². The van der Waals surface area contributed by atoms with Crippen molar-refractivity contribution in [3.8, 4) is 5.75 Å². The number of esters is 1. The molecule has 0 fully saturated rings. The summed E-state index contributed by atoms with van der Waals surface area (Å²) in [6.45, 7) is 3.37. The van der Waals surface area contributed by atoms with Gasteiger partial charge in [-0.3, -0.25) is 9.59 Å². The fraction of sp³-hybridized carbons (Fsp3) is 0.174. The third-order valence-corrected chi connectivity index (χ3v) is 4.59. The number of hydrogen-bond donors (Lipinski definition) is 1. The molecule has 2 aromatic carbocycles. The van der Waals surface area contributed by atoms with Gasteiger partial charge in [0.25, 0.3) is 0 Å². The minimum atomic E-state index is -0.648. The van der Waals surface area contributed by atoms with Crippen LogP contribution in [-0.2, 0) is 20.9 Å². The summed E-state index contributed by atoms with van der Waals surface area (Å²) in [7, 11) is 0. The second kappa shape index (κ2) is 9.41. The van der Waals surface area contributed by atoms with Crippen LogP contribution in [0, 0.1) is 0 Å². The van der Waals surface area contributed by atoms with E-state index in [9.17, 15) is 14.4 Å². The molecule has 0 aliphatic heterocycles. The Labute approximate surface area is 178 Å². The third-order valence-electron chi connectivity index (χ3n) is 4.35. The highest BCUT2D eigenvalue weighted by Crippen LogP contribution is 2.22. The van der Waals surface area contributed by atoms with Crippen LogP contribution in [0.5, 0.6) is 5.75 Å². The number of pyridine rings is 1. The van der Waals surface area contributed by atoms with Gasteiger partial charge < -0.3 is 14.5 Å². The Bertz CT molecular complexity index is 1180. The molecule has 0 saturated carbocycles. The van der Waals surface area contributed by atoms with Crippen LogP contribution in [0.15, 0.2) is 58.9 Å². The van der Waals surface area contributed by atoms with Gasteiger partial charge in [-0.05, 0) is 55.8 Å². The number of aromatic nitrogens is 1. The second-order valence-electron chi connectivity index (χ2n) is 6.54. The summed E-state index contributed by atoms with van der Waals surface area (Å²) in [6.07, 6.45) is 1.48. The van der Waals surface area contributed by atoms with Crippen molar-refractivity contribution in [1.82, 2.24) is 4.98 Å². The molecule has 0 saturated heterocycles. The van der Waals surface area contributed by atoms with E-state index < -0.39 is 5.97 Å². The predicted molar refractivity (Wildman–Crippen MR) is 116 cm³/mol. The van der Waals surface area contributed by atoms with Crippen LogP contribution in [0.1, 0.15) is 25.0 Å². The van der Waals surface area contributed by atoms with Crippen LogP contribution in [0.3, 0.4) is 0 Å². The van der Waals surface area contributed by atoms with Crippen molar-refractivity contribution >= 4 is 40.3 Å². The molecule has 1 heterocycles. The summed E-state index contributed by atoms with van der Waals surface area (Å²) in [5.41, 5.74) is 1.81. The number of fused-ring (bicyclic) bond motifs is 1. The molecule has 30 heavy (non-hydrogen) atoms. The summed E-state index contributed by atoms with van der Waals surface area (Å²) >= 11 is 6.08. The molecule has 3 aromatic rings. The van der Waals surface area contributed by atoms with E-state index in [2.05, 4.69) is 4.98 Å². The lowest BCUT2D eigenvalue weighted by Crippen LogP contribution is -2.13. The van der Waals surface area contributed by atoms with E-state index in [1.807, 2.05) is 0 Å². The molecular weight excluding hydrogens is 406 g/mol. The Morgan fingerprint density at radius 1 is 1.10 bits per heavy atom. The quantitative estimate of drug-likeness (QED) is 0.264. The summed E-state index contributed by atoms with van der Waals surface area (Å²) < 4.78 is 10.7. The molecule has 0 amide bonds. The van der Waals surface area contributed by atoms with E-state index >= 15 is 0 Å². The molecule has 0 spiro atoms. The Kier molecular flexibility index (Phi) is 6.69. The van der Waals surface area contributed by atoms with Crippen molar-refractivity contribution in [3.63, 3.8) is 0 Å². The molecule has 1 N–H and O–H groups in total. The largest absolute Gasteiger partial charge is 0.489 e. The number of Topliss-reactive ketones (excluding diaryl/α,β-unsaturated/α-hetero) is 1. The monoisotopic (exact) mass is 425 g/mol. The van der Waals surface area contributed by atoms with Crippen LogP contribution in [0.2, 0.25) is 5.02 Å². The van der Waals surface area contributed by atoms with E-state index in [4.69, 9.17) is 21.1 Å². The van der Waals surface area contributed by atoms with Gasteiger partial charge in [-0.15, -0.1) is 0 Å². The number of carbonyl (C=O) groups is 2. The van der Waals surface area contributed by atoms with Gasteiger partial charge in [-0.1, -0.05) is 23.7 Å². The molecule has 154 valence electrons. The van der Waals surface area contributed by atoms with Crippen molar-refractivity contribution in [2.75, 3.05) is 6.61 Å². The maximum atomic E-state index is 11.9. The Balaban J connectivity index is 1.78. The summed E-state index contributed by atoms with van der Waals surface area (Å²) in [4.78, 5) is 38.3. The Morgan fingerprint density at radius 3 is 2.50 bits per heavy atom. The fourth-order valence-corrected chi connectivity index (χ4v) is 3.09. The lowest BCUT2D eigenvalue weighted by molar-refractivity contribution is -0.139. The number of benzene rings is 2. The summed E-state index contributed by atoms with van der Waals surface area (Å²) in [5.74, 6) is -0.443. The van der Waals surface area contributed by atoms with Gasteiger partial charge in [-0.25, -0.2) is 4.79 Å². The predicted octanol–water partition coefficient (Wildman–Crippen LogP) is 4.30. The number of ether oxygens (including phenoxy) is 2. The lowest BCUT2D eigenvalue weighted by atomic mass is 10.1. The number of halogens is 1. The molecule has 0 aliphatic carbocycles. The topological polar surface area (TPSA) is 85.5 Å². The normalized spacial score (nSPS) is 11.4. The molecule has 0 bridgehead atoms. The first-order valence-corrected chi connectivity index (χ1v) is 9.69. The second-order valence-corrected chi connectivity index (χ2v) is 6.98. The molecule has 3 rings (SSSR count). The molecule has 0 atom stereocenters. The van der Waals surface area contributed by atoms with Crippen molar-refractivity contribution in [1.29, 1.82) is 0 Å². The smallest absolute Gasteiger partial charge is 0.341 e. The standard InChI is InChI=1S/C23H20ClNO5/c1-3-29-23(28)19(14(2)26)10-15-4-7-18(8-5-15)30-13-16-11-22(27)25-21-9-6-17(24)12-20(16)21/h4-12H,3,13H2,1-2H3,(H,25,27)/b19-10+. The highest BCUT2D eigenvalue weighted by Gasteiger charge is 2.15. The van der Waals surface area contributed by atoms with E-state index in [1.54, 1.807) is 49.4 Å². The number of hydrogen-bond acceptors (Lipinski definition) is 5. The zero-order valence-corrected chi connectivity index (χ0v) is 17.3. The maximum absolute atomic E-state index is 11.9. The Morgan fingerprint density at radius 2 is 1.83 bits per heavy atom. The highest BCUT2D eigenvalue weighted by molar-refractivity contribution is 6.31. The van der Waals surface area contributed by atoms with Crippen molar-refractivity contribution in [2.24, 2.45) is 0 Å². The van der Waals surface area contributed by atoms with Crippen molar-refractivity contribution < 1.29 is 19.1 Å². The zero-order chi connectivity index (χ0) is 21.7. The third kappa shape index (κ3) is 5.15. The zero-order valence-electron chi connectivity index (χ0n) is 16.5. The average molecular weight is 426 g/mol. The van der Waals surface area contributed by atoms with Gasteiger partial charge in [0.15, 0.2) is 5.78 Å². The van der Waals surface area contributed by atoms with Gasteiger partial charge in [0.2, 0.25) is 5.56 Å². The number of aromatic amines is 1. The van der Waals surface area contributed by atoms with Gasteiger partial charge in [0.05, 0.1) is 6.61 Å². The van der Waals surface area contributed by atoms with Crippen LogP contribution in [0.25, 0.3) is 17.0 Å². The van der Waals surface area contributed by atoms with Crippen LogP contribution >= 0.6 is 11.6 Å². The van der Waals surface area contributed by atoms with Crippen LogP contribution in [-0.4, -0.2) is 23.3 Å². The van der Waals surface area contributed by atoms with Crippen molar-refractivity contribution in [3.05, 3.63) is 80.6 Å². The van der Waals surface area contributed by atoms with Crippen LogP contribution < -0.4 is 10.3 Å². The molecule has 0 aliphatic rings. The average Bonchev–Trinajstić information content (AvgIpc) is 2.71. The molecule has 0 unspecified atom stereocenters.